The highest BCUT2D eigenvalue weighted by Gasteiger charge is 2.76. The van der Waals surface area contributed by atoms with Gasteiger partial charge in [-0.2, -0.15) is 43.4 Å². The minimum absolute atomic E-state index is 0.612. The van der Waals surface area contributed by atoms with Crippen molar-refractivity contribution in [3.8, 4) is 0 Å². The highest BCUT2D eigenvalue weighted by molar-refractivity contribution is 7.80. The average molecular weight is 276 g/mol. The van der Waals surface area contributed by atoms with Crippen molar-refractivity contribution in [1.82, 2.24) is 0 Å². The van der Waals surface area contributed by atoms with Gasteiger partial charge in [-0.25, -0.2) is 4.39 Å². The summed E-state index contributed by atoms with van der Waals surface area (Å²) in [5, 5.41) is 0. The molecule has 0 N–H and O–H groups in total. The summed E-state index contributed by atoms with van der Waals surface area (Å²) < 4.78 is 99.4. The molecule has 0 aromatic carbocycles. The molecule has 0 saturated heterocycles. The van der Waals surface area contributed by atoms with Gasteiger partial charge in [0.05, 0.1) is 0 Å². The zero-order chi connectivity index (χ0) is 13.4. The number of alkyl halides is 8. The molecule has 1 atom stereocenters. The maximum atomic E-state index is 12.8. The normalized spacial score (nSPS) is 18.4. The predicted molar refractivity (Wildman–Crippen MR) is 43.9 cm³/mol. The van der Waals surface area contributed by atoms with Crippen LogP contribution in [-0.4, -0.2) is 29.4 Å². The fraction of sp³-hybridized carbons (Fsp3) is 1.00. The Balaban J connectivity index is 5.34. The van der Waals surface area contributed by atoms with Crippen LogP contribution in [0.4, 0.5) is 35.1 Å². The zero-order valence-electron chi connectivity index (χ0n) is 7.89. The van der Waals surface area contributed by atoms with E-state index in [1.807, 2.05) is 0 Å². The summed E-state index contributed by atoms with van der Waals surface area (Å²) in [5.74, 6) is -11.8. The summed E-state index contributed by atoms with van der Waals surface area (Å²) in [6, 6.07) is 0. The number of thiol groups is 1. The summed E-state index contributed by atoms with van der Waals surface area (Å²) in [7, 11) is 0. The quantitative estimate of drug-likeness (QED) is 0.585. The Morgan fingerprint density at radius 3 is 1.50 bits per heavy atom. The molecule has 1 unspecified atom stereocenters. The summed E-state index contributed by atoms with van der Waals surface area (Å²) >= 11 is 3.20. The standard InChI is InChI=1S/C7H8F8S/c1-4(8,7(13,14)15)6(11,12)5(9,10)2-3-16/h16H,2-3H2,1H3. The molecule has 98 valence electrons. The third-order valence-corrected chi connectivity index (χ3v) is 2.23. The van der Waals surface area contributed by atoms with Crippen LogP contribution in [0.2, 0.25) is 0 Å². The molecular weight excluding hydrogens is 268 g/mol. The minimum Gasteiger partial charge on any atom is -0.227 e. The largest absolute Gasteiger partial charge is 0.428 e. The fourth-order valence-corrected chi connectivity index (χ4v) is 1.10. The van der Waals surface area contributed by atoms with E-state index in [9.17, 15) is 35.1 Å². The molecule has 0 radical (unpaired) electrons. The molecule has 0 rings (SSSR count). The third kappa shape index (κ3) is 2.38. The van der Waals surface area contributed by atoms with E-state index in [4.69, 9.17) is 0 Å². The van der Waals surface area contributed by atoms with E-state index >= 15 is 0 Å². The summed E-state index contributed by atoms with van der Waals surface area (Å²) in [6.45, 7) is -0.612. The fourth-order valence-electron chi connectivity index (χ4n) is 0.819. The minimum atomic E-state index is -6.09. The van der Waals surface area contributed by atoms with Crippen molar-refractivity contribution in [3.63, 3.8) is 0 Å². The second-order valence-corrected chi connectivity index (χ2v) is 3.70. The van der Waals surface area contributed by atoms with Gasteiger partial charge in [-0.15, -0.1) is 0 Å². The molecule has 0 bridgehead atoms. The van der Waals surface area contributed by atoms with Crippen LogP contribution in [0.15, 0.2) is 0 Å². The SMILES string of the molecule is CC(F)(C(F)(F)F)C(F)(F)C(F)(F)CCS. The van der Waals surface area contributed by atoms with Gasteiger partial charge in [0.25, 0.3) is 5.67 Å². The van der Waals surface area contributed by atoms with Crippen molar-refractivity contribution in [2.24, 2.45) is 0 Å². The second-order valence-electron chi connectivity index (χ2n) is 3.25. The molecule has 0 aliphatic heterocycles. The van der Waals surface area contributed by atoms with E-state index in [2.05, 4.69) is 12.6 Å². The first-order valence-corrected chi connectivity index (χ1v) is 4.56. The van der Waals surface area contributed by atoms with Gasteiger partial charge >= 0.3 is 18.0 Å². The van der Waals surface area contributed by atoms with Crippen LogP contribution >= 0.6 is 12.6 Å². The Hall–Kier alpha value is -0.210. The smallest absolute Gasteiger partial charge is 0.227 e. The van der Waals surface area contributed by atoms with Crippen LogP contribution in [0.3, 0.4) is 0 Å². The molecule has 0 spiro atoms. The maximum absolute atomic E-state index is 12.8. The molecular formula is C7H8F8S. The van der Waals surface area contributed by atoms with Gasteiger partial charge in [-0.1, -0.05) is 0 Å². The van der Waals surface area contributed by atoms with E-state index in [1.54, 1.807) is 0 Å². The summed E-state index contributed by atoms with van der Waals surface area (Å²) in [5.41, 5.74) is -5.30. The van der Waals surface area contributed by atoms with Gasteiger partial charge < -0.3 is 0 Å². The van der Waals surface area contributed by atoms with Crippen molar-refractivity contribution < 1.29 is 35.1 Å². The van der Waals surface area contributed by atoms with Crippen LogP contribution in [0.25, 0.3) is 0 Å². The van der Waals surface area contributed by atoms with E-state index in [1.165, 1.54) is 0 Å². The van der Waals surface area contributed by atoms with Gasteiger partial charge in [-0.3, -0.25) is 0 Å². The molecule has 9 heteroatoms. The number of hydrogen-bond donors (Lipinski definition) is 1. The second kappa shape index (κ2) is 4.23. The Kier molecular flexibility index (Phi) is 4.17. The van der Waals surface area contributed by atoms with Gasteiger partial charge in [0.1, 0.15) is 0 Å². The van der Waals surface area contributed by atoms with Gasteiger partial charge in [0.2, 0.25) is 0 Å². The Morgan fingerprint density at radius 2 is 1.25 bits per heavy atom. The van der Waals surface area contributed by atoms with Gasteiger partial charge in [-0.05, 0) is 12.7 Å². The average Bonchev–Trinajstić information content (AvgIpc) is 2.01. The van der Waals surface area contributed by atoms with Crippen LogP contribution in [0, 0.1) is 0 Å². The Bertz CT molecular complexity index is 243. The topological polar surface area (TPSA) is 0 Å². The lowest BCUT2D eigenvalue weighted by molar-refractivity contribution is -0.347. The lowest BCUT2D eigenvalue weighted by Gasteiger charge is -2.36. The molecule has 0 aromatic heterocycles. The molecule has 16 heavy (non-hydrogen) atoms. The zero-order valence-corrected chi connectivity index (χ0v) is 8.78. The monoisotopic (exact) mass is 276 g/mol. The first-order chi connectivity index (χ1) is 6.81. The molecule has 0 aliphatic rings. The van der Waals surface area contributed by atoms with Crippen molar-refractivity contribution in [3.05, 3.63) is 0 Å². The predicted octanol–water partition coefficient (Wildman–Crippen LogP) is 3.87. The summed E-state index contributed by atoms with van der Waals surface area (Å²) in [4.78, 5) is 0. The maximum Gasteiger partial charge on any atom is 0.428 e. The van der Waals surface area contributed by atoms with Crippen LogP contribution in [-0.2, 0) is 0 Å². The molecule has 0 fully saturated rings. The van der Waals surface area contributed by atoms with Crippen LogP contribution < -0.4 is 0 Å². The van der Waals surface area contributed by atoms with E-state index in [0.29, 0.717) is 0 Å². The molecule has 0 saturated carbocycles. The van der Waals surface area contributed by atoms with Crippen molar-refractivity contribution in [1.29, 1.82) is 0 Å². The molecule has 0 amide bonds. The Morgan fingerprint density at radius 1 is 0.875 bits per heavy atom. The third-order valence-electron chi connectivity index (χ3n) is 2.01. The van der Waals surface area contributed by atoms with Crippen molar-refractivity contribution >= 4 is 12.6 Å². The van der Waals surface area contributed by atoms with Crippen molar-refractivity contribution in [2.45, 2.75) is 37.0 Å². The lowest BCUT2D eigenvalue weighted by atomic mass is 9.92. The number of rotatable bonds is 4. The molecule has 0 aliphatic carbocycles. The first kappa shape index (κ1) is 15.8. The van der Waals surface area contributed by atoms with Gasteiger partial charge in [0.15, 0.2) is 0 Å². The first-order valence-electron chi connectivity index (χ1n) is 3.93. The highest BCUT2D eigenvalue weighted by Crippen LogP contribution is 2.52. The Labute approximate surface area is 91.4 Å². The van der Waals surface area contributed by atoms with E-state index < -0.39 is 42.8 Å². The number of hydrogen-bond acceptors (Lipinski definition) is 1. The van der Waals surface area contributed by atoms with Crippen LogP contribution in [0.5, 0.6) is 0 Å². The molecule has 0 heterocycles. The van der Waals surface area contributed by atoms with Gasteiger partial charge in [0, 0.05) is 6.42 Å². The highest BCUT2D eigenvalue weighted by atomic mass is 32.1. The van der Waals surface area contributed by atoms with E-state index in [-0.39, 0.29) is 0 Å². The molecule has 0 nitrogen and oxygen atoms in total. The van der Waals surface area contributed by atoms with E-state index in [0.717, 1.165) is 0 Å². The molecule has 0 aromatic rings. The summed E-state index contributed by atoms with van der Waals surface area (Å²) in [6.07, 6.45) is -7.74. The number of halogens is 8. The van der Waals surface area contributed by atoms with Crippen molar-refractivity contribution in [2.75, 3.05) is 5.75 Å². The lowest BCUT2D eigenvalue weighted by Crippen LogP contribution is -2.61. The van der Waals surface area contributed by atoms with Crippen LogP contribution in [0.1, 0.15) is 13.3 Å².